The van der Waals surface area contributed by atoms with Crippen molar-refractivity contribution in [3.05, 3.63) is 54.6 Å². The van der Waals surface area contributed by atoms with E-state index in [0.29, 0.717) is 15.8 Å². The average Bonchev–Trinajstić information content (AvgIpc) is 3.20. The van der Waals surface area contributed by atoms with Gasteiger partial charge in [-0.05, 0) is 42.8 Å². The van der Waals surface area contributed by atoms with Crippen LogP contribution in [-0.2, 0) is 14.8 Å². The summed E-state index contributed by atoms with van der Waals surface area (Å²) in [6, 6.07) is 14.9. The lowest BCUT2D eigenvalue weighted by molar-refractivity contribution is -0.117. The van der Waals surface area contributed by atoms with Crippen LogP contribution in [0.3, 0.4) is 0 Å². The fraction of sp³-hybridized carbons (Fsp3) is 0.250. The second-order valence-electron chi connectivity index (χ2n) is 6.45. The number of nitrogens with zero attached hydrogens (tertiary/aromatic N) is 3. The maximum absolute atomic E-state index is 12.9. The zero-order valence-corrected chi connectivity index (χ0v) is 18.4. The van der Waals surface area contributed by atoms with Crippen molar-refractivity contribution in [1.29, 1.82) is 0 Å². The first-order valence-electron chi connectivity index (χ1n) is 9.16. The number of para-hydroxylation sites is 1. The number of rotatable bonds is 8. The highest BCUT2D eigenvalue weighted by Crippen LogP contribution is 2.29. The van der Waals surface area contributed by atoms with Gasteiger partial charge in [0.25, 0.3) is 0 Å². The molecule has 2 aromatic carbocycles. The largest absolute Gasteiger partial charge is 0.497 e. The molecule has 0 spiro atoms. The summed E-state index contributed by atoms with van der Waals surface area (Å²) in [6.07, 6.45) is 1.38. The number of ether oxygens (including phenoxy) is 1. The van der Waals surface area contributed by atoms with Crippen LogP contribution in [0.4, 0.5) is 10.8 Å². The number of sulfonamides is 1. The van der Waals surface area contributed by atoms with Gasteiger partial charge in [0.1, 0.15) is 16.8 Å². The number of aromatic nitrogens is 2. The molecule has 30 heavy (non-hydrogen) atoms. The monoisotopic (exact) mass is 446 g/mol. The highest BCUT2D eigenvalue weighted by atomic mass is 32.2. The number of carbonyl (C=O) groups is 1. The van der Waals surface area contributed by atoms with Gasteiger partial charge in [-0.15, -0.1) is 10.2 Å². The van der Waals surface area contributed by atoms with E-state index in [9.17, 15) is 13.2 Å². The molecule has 10 heteroatoms. The molecule has 1 heterocycles. The molecule has 0 saturated carbocycles. The van der Waals surface area contributed by atoms with E-state index in [0.717, 1.165) is 21.9 Å². The quantitative estimate of drug-likeness (QED) is 0.569. The van der Waals surface area contributed by atoms with Crippen LogP contribution in [0.25, 0.3) is 10.6 Å². The van der Waals surface area contributed by atoms with Crippen LogP contribution in [0.2, 0.25) is 0 Å². The molecule has 0 aliphatic rings. The first-order valence-corrected chi connectivity index (χ1v) is 11.8. The first kappa shape index (κ1) is 21.7. The normalized spacial score (nSPS) is 12.2. The molecule has 8 nitrogen and oxygen atoms in total. The van der Waals surface area contributed by atoms with E-state index in [1.165, 1.54) is 11.3 Å². The Morgan fingerprint density at radius 2 is 1.80 bits per heavy atom. The van der Waals surface area contributed by atoms with Crippen molar-refractivity contribution < 1.29 is 17.9 Å². The smallest absolute Gasteiger partial charge is 0.250 e. The molecule has 0 bridgehead atoms. The lowest BCUT2D eigenvalue weighted by atomic mass is 10.2. The van der Waals surface area contributed by atoms with E-state index in [-0.39, 0.29) is 6.42 Å². The summed E-state index contributed by atoms with van der Waals surface area (Å²) >= 11 is 1.21. The summed E-state index contributed by atoms with van der Waals surface area (Å²) < 4.78 is 31.2. The van der Waals surface area contributed by atoms with Gasteiger partial charge in [0.2, 0.25) is 21.1 Å². The van der Waals surface area contributed by atoms with E-state index >= 15 is 0 Å². The van der Waals surface area contributed by atoms with Gasteiger partial charge in [0, 0.05) is 5.56 Å². The Morgan fingerprint density at radius 1 is 1.13 bits per heavy atom. The van der Waals surface area contributed by atoms with E-state index in [1.807, 2.05) is 24.3 Å². The van der Waals surface area contributed by atoms with Crippen LogP contribution >= 0.6 is 11.3 Å². The van der Waals surface area contributed by atoms with Crippen molar-refractivity contribution in [2.75, 3.05) is 23.0 Å². The maximum atomic E-state index is 12.9. The van der Waals surface area contributed by atoms with Crippen LogP contribution < -0.4 is 14.4 Å². The highest BCUT2D eigenvalue weighted by molar-refractivity contribution is 7.92. The Kier molecular flexibility index (Phi) is 6.68. The maximum Gasteiger partial charge on any atom is 0.250 e. The van der Waals surface area contributed by atoms with Crippen LogP contribution in [0, 0.1) is 0 Å². The Labute approximate surface area is 179 Å². The van der Waals surface area contributed by atoms with Crippen molar-refractivity contribution in [2.24, 2.45) is 0 Å². The Hall–Kier alpha value is -2.98. The summed E-state index contributed by atoms with van der Waals surface area (Å²) in [7, 11) is -2.09. The van der Waals surface area contributed by atoms with Gasteiger partial charge in [-0.3, -0.25) is 14.4 Å². The van der Waals surface area contributed by atoms with Crippen molar-refractivity contribution >= 4 is 38.1 Å². The lowest BCUT2D eigenvalue weighted by Gasteiger charge is -2.29. The molecule has 0 fully saturated rings. The van der Waals surface area contributed by atoms with Crippen molar-refractivity contribution in [3.63, 3.8) is 0 Å². The standard InChI is InChI=1S/C20H22N4O4S2/c1-4-17(24(30(3,26)27)15-8-6-5-7-9-15)18(25)21-20-23-22-19(29-20)14-10-12-16(28-2)13-11-14/h5-13,17H,4H2,1-3H3,(H,21,23,25). The van der Waals surface area contributed by atoms with Crippen LogP contribution in [0.1, 0.15) is 13.3 Å². The summed E-state index contributed by atoms with van der Waals surface area (Å²) in [6.45, 7) is 1.76. The molecule has 1 aromatic heterocycles. The Morgan fingerprint density at radius 3 is 2.37 bits per heavy atom. The topological polar surface area (TPSA) is 101 Å². The van der Waals surface area contributed by atoms with Gasteiger partial charge in [-0.1, -0.05) is 36.5 Å². The number of amides is 1. The van der Waals surface area contributed by atoms with E-state index in [4.69, 9.17) is 4.74 Å². The molecular weight excluding hydrogens is 424 g/mol. The van der Waals surface area contributed by atoms with Crippen LogP contribution in [0.5, 0.6) is 5.75 Å². The summed E-state index contributed by atoms with van der Waals surface area (Å²) in [5.41, 5.74) is 1.26. The SMILES string of the molecule is CCC(C(=O)Nc1nnc(-c2ccc(OC)cc2)s1)N(c1ccccc1)S(C)(=O)=O. The van der Waals surface area contributed by atoms with E-state index in [1.54, 1.807) is 44.4 Å². The number of hydrogen-bond donors (Lipinski definition) is 1. The van der Waals surface area contributed by atoms with Crippen molar-refractivity contribution in [2.45, 2.75) is 19.4 Å². The Bertz CT molecular complexity index is 1100. The minimum Gasteiger partial charge on any atom is -0.497 e. The molecular formula is C20H22N4O4S2. The summed E-state index contributed by atoms with van der Waals surface area (Å²) in [5, 5.41) is 11.8. The minimum atomic E-state index is -3.68. The Balaban J connectivity index is 1.82. The molecule has 1 amide bonds. The number of carbonyl (C=O) groups excluding carboxylic acids is 1. The molecule has 1 N–H and O–H groups in total. The molecule has 3 aromatic rings. The second-order valence-corrected chi connectivity index (χ2v) is 9.29. The van der Waals surface area contributed by atoms with Crippen LogP contribution in [0.15, 0.2) is 54.6 Å². The number of hydrogen-bond acceptors (Lipinski definition) is 7. The molecule has 0 aliphatic heterocycles. The van der Waals surface area contributed by atoms with E-state index in [2.05, 4.69) is 15.5 Å². The number of anilines is 2. The van der Waals surface area contributed by atoms with Gasteiger partial charge in [0.15, 0.2) is 0 Å². The van der Waals surface area contributed by atoms with E-state index < -0.39 is 22.0 Å². The minimum absolute atomic E-state index is 0.290. The van der Waals surface area contributed by atoms with Crippen LogP contribution in [-0.4, -0.2) is 43.9 Å². The van der Waals surface area contributed by atoms with Crippen molar-refractivity contribution in [3.8, 4) is 16.3 Å². The molecule has 0 saturated heterocycles. The van der Waals surface area contributed by atoms with Gasteiger partial charge in [-0.2, -0.15) is 0 Å². The van der Waals surface area contributed by atoms with Gasteiger partial charge >= 0.3 is 0 Å². The predicted molar refractivity (Wildman–Crippen MR) is 118 cm³/mol. The fourth-order valence-electron chi connectivity index (χ4n) is 2.95. The third-order valence-corrected chi connectivity index (χ3v) is 6.40. The zero-order valence-electron chi connectivity index (χ0n) is 16.8. The van der Waals surface area contributed by atoms with Gasteiger partial charge < -0.3 is 4.74 Å². The second kappa shape index (κ2) is 9.23. The van der Waals surface area contributed by atoms with Crippen molar-refractivity contribution in [1.82, 2.24) is 10.2 Å². The number of nitrogens with one attached hydrogen (secondary N) is 1. The fourth-order valence-corrected chi connectivity index (χ4v) is 4.91. The molecule has 0 aliphatic carbocycles. The number of benzene rings is 2. The van der Waals surface area contributed by atoms with Gasteiger partial charge in [0.05, 0.1) is 19.1 Å². The number of methoxy groups -OCH3 is 1. The molecule has 1 unspecified atom stereocenters. The lowest BCUT2D eigenvalue weighted by Crippen LogP contribution is -2.46. The highest BCUT2D eigenvalue weighted by Gasteiger charge is 2.32. The first-order chi connectivity index (χ1) is 14.3. The molecule has 158 valence electrons. The predicted octanol–water partition coefficient (Wildman–Crippen LogP) is 3.40. The van der Waals surface area contributed by atoms with Gasteiger partial charge in [-0.25, -0.2) is 8.42 Å². The summed E-state index contributed by atoms with van der Waals surface area (Å²) in [5.74, 6) is 0.258. The third-order valence-electron chi connectivity index (χ3n) is 4.33. The molecule has 1 atom stereocenters. The molecule has 0 radical (unpaired) electrons. The zero-order chi connectivity index (χ0) is 21.7. The average molecular weight is 447 g/mol. The summed E-state index contributed by atoms with van der Waals surface area (Å²) in [4.78, 5) is 12.9. The molecule has 3 rings (SSSR count). The third kappa shape index (κ3) is 4.95.